The van der Waals surface area contributed by atoms with Crippen molar-refractivity contribution in [2.45, 2.75) is 17.6 Å². The maximum atomic E-state index is 13.7. The minimum atomic E-state index is -4.10. The molecule has 11 heteroatoms. The molecule has 0 unspecified atom stereocenters. The first-order valence-electron chi connectivity index (χ1n) is 11.3. The highest BCUT2D eigenvalue weighted by molar-refractivity contribution is 7.98. The van der Waals surface area contributed by atoms with E-state index in [9.17, 15) is 13.2 Å². The Hall–Kier alpha value is -2.59. The molecule has 3 rings (SSSR count). The van der Waals surface area contributed by atoms with Gasteiger partial charge in [-0.25, -0.2) is 8.42 Å². The van der Waals surface area contributed by atoms with Gasteiger partial charge in [0.05, 0.1) is 24.8 Å². The lowest BCUT2D eigenvalue weighted by molar-refractivity contribution is -0.119. The molecule has 0 spiro atoms. The first-order chi connectivity index (χ1) is 17.6. The van der Waals surface area contributed by atoms with E-state index in [4.69, 9.17) is 32.7 Å². The van der Waals surface area contributed by atoms with E-state index in [1.165, 1.54) is 32.4 Å². The number of carbonyl (C=O) groups is 1. The Morgan fingerprint density at radius 2 is 1.73 bits per heavy atom. The van der Waals surface area contributed by atoms with Gasteiger partial charge in [0.1, 0.15) is 18.0 Å². The third kappa shape index (κ3) is 7.70. The zero-order chi connectivity index (χ0) is 27.0. The fourth-order valence-electron chi connectivity index (χ4n) is 3.40. The fourth-order valence-corrected chi connectivity index (χ4v) is 6.24. The second kappa shape index (κ2) is 13.3. The number of benzene rings is 3. The molecule has 0 heterocycles. The number of sulfonamides is 1. The molecule has 1 amide bonds. The smallest absolute Gasteiger partial charge is 0.264 e. The van der Waals surface area contributed by atoms with Gasteiger partial charge in [-0.3, -0.25) is 9.10 Å². The highest BCUT2D eigenvalue weighted by Crippen LogP contribution is 2.35. The largest absolute Gasteiger partial charge is 0.497 e. The van der Waals surface area contributed by atoms with Crippen LogP contribution in [0.3, 0.4) is 0 Å². The Morgan fingerprint density at radius 3 is 2.38 bits per heavy atom. The van der Waals surface area contributed by atoms with Gasteiger partial charge < -0.3 is 14.8 Å². The number of carbonyl (C=O) groups excluding carboxylic acids is 1. The fraction of sp³-hybridized carbons (Fsp3) is 0.269. The summed E-state index contributed by atoms with van der Waals surface area (Å²) in [5, 5.41) is 3.96. The SMILES string of the molecule is COc1ccc(OC)c(N(CC(=O)NCCSCc2ccc(Cl)cc2Cl)S(=O)(=O)c2ccc(C)cc2)c1. The minimum Gasteiger partial charge on any atom is -0.497 e. The van der Waals surface area contributed by atoms with E-state index in [2.05, 4.69) is 5.32 Å². The summed E-state index contributed by atoms with van der Waals surface area (Å²) in [6.07, 6.45) is 0. The Labute approximate surface area is 232 Å². The number of rotatable bonds is 12. The third-order valence-electron chi connectivity index (χ3n) is 5.39. The minimum absolute atomic E-state index is 0.0613. The number of nitrogens with zero attached hydrogens (tertiary/aromatic N) is 1. The number of halogens is 2. The van der Waals surface area contributed by atoms with Gasteiger partial charge in [0.25, 0.3) is 10.0 Å². The van der Waals surface area contributed by atoms with Crippen molar-refractivity contribution in [3.8, 4) is 11.5 Å². The molecule has 7 nitrogen and oxygen atoms in total. The van der Waals surface area contributed by atoms with E-state index >= 15 is 0 Å². The molecule has 3 aromatic rings. The second-order valence-electron chi connectivity index (χ2n) is 8.00. The maximum absolute atomic E-state index is 13.7. The summed E-state index contributed by atoms with van der Waals surface area (Å²) >= 11 is 13.7. The van der Waals surface area contributed by atoms with E-state index in [1.54, 1.807) is 48.2 Å². The zero-order valence-corrected chi connectivity index (χ0v) is 23.8. The van der Waals surface area contributed by atoms with Gasteiger partial charge in [0.15, 0.2) is 0 Å². The maximum Gasteiger partial charge on any atom is 0.264 e. The summed E-state index contributed by atoms with van der Waals surface area (Å²) < 4.78 is 39.1. The summed E-state index contributed by atoms with van der Waals surface area (Å²) in [5.41, 5.74) is 2.06. The molecule has 0 aromatic heterocycles. The summed E-state index contributed by atoms with van der Waals surface area (Å²) in [6, 6.07) is 16.6. The van der Waals surface area contributed by atoms with Crippen LogP contribution in [0.2, 0.25) is 10.0 Å². The first-order valence-corrected chi connectivity index (χ1v) is 14.6. The van der Waals surface area contributed by atoms with Gasteiger partial charge in [-0.05, 0) is 48.9 Å². The standard InChI is InChI=1S/C26H28Cl2N2O5S2/c1-18-4-9-22(10-5-18)37(32,33)30(24-15-21(34-2)8-11-25(24)35-3)16-26(31)29-12-13-36-17-19-6-7-20(27)14-23(19)28/h4-11,14-15H,12-13,16-17H2,1-3H3,(H,29,31). The van der Waals surface area contributed by atoms with Gasteiger partial charge in [-0.1, -0.05) is 47.0 Å². The molecule has 0 saturated heterocycles. The average molecular weight is 584 g/mol. The Bertz CT molecular complexity index is 1340. The molecular formula is C26H28Cl2N2O5S2. The quantitative estimate of drug-likeness (QED) is 0.281. The number of thioether (sulfide) groups is 1. The number of ether oxygens (including phenoxy) is 2. The summed E-state index contributed by atoms with van der Waals surface area (Å²) in [6.45, 7) is 1.78. The predicted octanol–water partition coefficient (Wildman–Crippen LogP) is 5.56. The lowest BCUT2D eigenvalue weighted by Gasteiger charge is -2.26. The molecule has 0 radical (unpaired) electrons. The molecule has 37 heavy (non-hydrogen) atoms. The third-order valence-corrected chi connectivity index (χ3v) is 8.76. The van der Waals surface area contributed by atoms with Crippen LogP contribution in [0.4, 0.5) is 5.69 Å². The van der Waals surface area contributed by atoms with Crippen molar-refractivity contribution in [2.24, 2.45) is 0 Å². The Balaban J connectivity index is 1.74. The lowest BCUT2D eigenvalue weighted by Crippen LogP contribution is -2.41. The van der Waals surface area contributed by atoms with Crippen LogP contribution in [0.15, 0.2) is 65.6 Å². The van der Waals surface area contributed by atoms with Crippen LogP contribution in [0.5, 0.6) is 11.5 Å². The van der Waals surface area contributed by atoms with Crippen molar-refractivity contribution in [1.82, 2.24) is 5.32 Å². The Kier molecular flexibility index (Phi) is 10.4. The van der Waals surface area contributed by atoms with E-state index < -0.39 is 22.5 Å². The van der Waals surface area contributed by atoms with E-state index in [0.29, 0.717) is 39.6 Å². The summed E-state index contributed by atoms with van der Waals surface area (Å²) in [4.78, 5) is 13.0. The number of amides is 1. The van der Waals surface area contributed by atoms with Crippen molar-refractivity contribution in [3.05, 3.63) is 81.8 Å². The van der Waals surface area contributed by atoms with Crippen LogP contribution in [0, 0.1) is 6.92 Å². The number of nitrogens with one attached hydrogen (secondary N) is 1. The first kappa shape index (κ1) is 29.0. The number of hydrogen-bond acceptors (Lipinski definition) is 6. The highest BCUT2D eigenvalue weighted by atomic mass is 35.5. The molecule has 1 N–H and O–H groups in total. The van der Waals surface area contributed by atoms with Gasteiger partial charge >= 0.3 is 0 Å². The molecule has 3 aromatic carbocycles. The number of hydrogen-bond donors (Lipinski definition) is 1. The summed E-state index contributed by atoms with van der Waals surface area (Å²) in [7, 11) is -1.18. The summed E-state index contributed by atoms with van der Waals surface area (Å²) in [5.74, 6) is 1.53. The van der Waals surface area contributed by atoms with Gasteiger partial charge in [-0.15, -0.1) is 0 Å². The van der Waals surface area contributed by atoms with Crippen molar-refractivity contribution in [1.29, 1.82) is 0 Å². The van der Waals surface area contributed by atoms with Crippen LogP contribution in [0.1, 0.15) is 11.1 Å². The molecule has 0 aliphatic carbocycles. The van der Waals surface area contributed by atoms with Crippen LogP contribution in [-0.4, -0.2) is 47.4 Å². The lowest BCUT2D eigenvalue weighted by atomic mass is 10.2. The molecule has 198 valence electrons. The van der Waals surface area contributed by atoms with E-state index in [0.717, 1.165) is 15.4 Å². The molecule has 0 aliphatic heterocycles. The Morgan fingerprint density at radius 1 is 1.00 bits per heavy atom. The van der Waals surface area contributed by atoms with Gasteiger partial charge in [0.2, 0.25) is 5.91 Å². The zero-order valence-electron chi connectivity index (χ0n) is 20.7. The monoisotopic (exact) mass is 582 g/mol. The van der Waals surface area contributed by atoms with Crippen LogP contribution in [0.25, 0.3) is 0 Å². The van der Waals surface area contributed by atoms with Crippen molar-refractivity contribution < 1.29 is 22.7 Å². The number of methoxy groups -OCH3 is 2. The van der Waals surface area contributed by atoms with Crippen molar-refractivity contribution in [2.75, 3.05) is 37.4 Å². The molecule has 0 bridgehead atoms. The van der Waals surface area contributed by atoms with Crippen molar-refractivity contribution in [3.63, 3.8) is 0 Å². The number of anilines is 1. The van der Waals surface area contributed by atoms with Gasteiger partial charge in [0, 0.05) is 34.2 Å². The predicted molar refractivity (Wildman–Crippen MR) is 151 cm³/mol. The average Bonchev–Trinajstić information content (AvgIpc) is 2.88. The van der Waals surface area contributed by atoms with Crippen LogP contribution < -0.4 is 19.1 Å². The normalized spacial score (nSPS) is 11.2. The van der Waals surface area contributed by atoms with Crippen LogP contribution in [-0.2, 0) is 20.6 Å². The van der Waals surface area contributed by atoms with Crippen molar-refractivity contribution >= 4 is 56.6 Å². The van der Waals surface area contributed by atoms with Crippen LogP contribution >= 0.6 is 35.0 Å². The molecule has 0 saturated carbocycles. The molecule has 0 fully saturated rings. The van der Waals surface area contributed by atoms with E-state index in [1.807, 2.05) is 13.0 Å². The topological polar surface area (TPSA) is 84.9 Å². The second-order valence-corrected chi connectivity index (χ2v) is 11.8. The molecule has 0 aliphatic rings. The van der Waals surface area contributed by atoms with E-state index in [-0.39, 0.29) is 10.6 Å². The molecular weight excluding hydrogens is 555 g/mol. The number of aryl methyl sites for hydroxylation is 1. The molecule has 0 atom stereocenters. The highest BCUT2D eigenvalue weighted by Gasteiger charge is 2.30. The van der Waals surface area contributed by atoms with Gasteiger partial charge in [-0.2, -0.15) is 11.8 Å².